The van der Waals surface area contributed by atoms with Crippen molar-refractivity contribution in [1.82, 2.24) is 0 Å². The Kier molecular flexibility index (Phi) is 5.42. The van der Waals surface area contributed by atoms with Crippen molar-refractivity contribution >= 4 is 37.8 Å². The minimum Gasteiger partial charge on any atom is -0.497 e. The number of methoxy groups -OCH3 is 1. The summed E-state index contributed by atoms with van der Waals surface area (Å²) >= 11 is 6.82. The molecule has 3 nitrogen and oxygen atoms in total. The van der Waals surface area contributed by atoms with Crippen molar-refractivity contribution in [1.29, 1.82) is 0 Å². The first-order chi connectivity index (χ1) is 10.0. The average molecular weight is 414 g/mol. The van der Waals surface area contributed by atoms with Crippen molar-refractivity contribution in [3.8, 4) is 5.75 Å². The number of halogens is 2. The molecule has 1 N–H and O–H groups in total. The molecule has 0 spiro atoms. The van der Waals surface area contributed by atoms with Gasteiger partial charge in [-0.05, 0) is 47.9 Å². The first-order valence-electron chi connectivity index (χ1n) is 6.32. The number of aliphatic carboxylic acids is 1. The van der Waals surface area contributed by atoms with E-state index in [1.54, 1.807) is 7.11 Å². The molecule has 5 heteroatoms. The molecule has 1 atom stereocenters. The summed E-state index contributed by atoms with van der Waals surface area (Å²) in [5.74, 6) is -0.721. The molecule has 0 aromatic heterocycles. The summed E-state index contributed by atoms with van der Waals surface area (Å²) in [6, 6.07) is 12.9. The van der Waals surface area contributed by atoms with Gasteiger partial charge in [0, 0.05) is 8.95 Å². The molecule has 0 aliphatic carbocycles. The maximum Gasteiger partial charge on any atom is 0.311 e. The first-order valence-corrected chi connectivity index (χ1v) is 7.90. The largest absolute Gasteiger partial charge is 0.497 e. The minimum absolute atomic E-state index is 0.398. The van der Waals surface area contributed by atoms with E-state index < -0.39 is 11.9 Å². The maximum atomic E-state index is 11.6. The third-order valence-electron chi connectivity index (χ3n) is 3.25. The van der Waals surface area contributed by atoms with Crippen LogP contribution >= 0.6 is 31.9 Å². The van der Waals surface area contributed by atoms with Crippen LogP contribution in [0.5, 0.6) is 5.75 Å². The zero-order chi connectivity index (χ0) is 15.4. The molecule has 0 saturated carbocycles. The molecule has 2 aromatic carbocycles. The number of ether oxygens (including phenoxy) is 1. The molecule has 0 saturated heterocycles. The van der Waals surface area contributed by atoms with Crippen LogP contribution in [0.2, 0.25) is 0 Å². The lowest BCUT2D eigenvalue weighted by atomic mass is 9.92. The third kappa shape index (κ3) is 4.08. The number of carboxylic acids is 1. The molecule has 0 amide bonds. The van der Waals surface area contributed by atoms with Gasteiger partial charge in [-0.15, -0.1) is 0 Å². The number of benzene rings is 2. The average Bonchev–Trinajstić information content (AvgIpc) is 2.47. The van der Waals surface area contributed by atoms with E-state index in [9.17, 15) is 9.90 Å². The van der Waals surface area contributed by atoms with Crippen LogP contribution in [-0.4, -0.2) is 18.2 Å². The van der Waals surface area contributed by atoms with Crippen LogP contribution in [0.3, 0.4) is 0 Å². The summed E-state index contributed by atoms with van der Waals surface area (Å²) in [7, 11) is 1.59. The van der Waals surface area contributed by atoms with E-state index in [-0.39, 0.29) is 0 Å². The van der Waals surface area contributed by atoms with Crippen molar-refractivity contribution in [2.45, 2.75) is 12.3 Å². The second-order valence-electron chi connectivity index (χ2n) is 4.60. The second kappa shape index (κ2) is 7.09. The molecular formula is C16H14Br2O3. The van der Waals surface area contributed by atoms with E-state index in [2.05, 4.69) is 31.9 Å². The lowest BCUT2D eigenvalue weighted by Gasteiger charge is -2.15. The Labute approximate surface area is 140 Å². The van der Waals surface area contributed by atoms with Gasteiger partial charge in [0.05, 0.1) is 13.0 Å². The van der Waals surface area contributed by atoms with Crippen molar-refractivity contribution in [2.75, 3.05) is 7.11 Å². The fourth-order valence-corrected chi connectivity index (χ4v) is 2.77. The van der Waals surface area contributed by atoms with E-state index in [4.69, 9.17) is 4.74 Å². The highest BCUT2D eigenvalue weighted by molar-refractivity contribution is 9.10. The van der Waals surface area contributed by atoms with E-state index in [1.165, 1.54) is 0 Å². The Hall–Kier alpha value is -1.33. The molecule has 0 heterocycles. The van der Waals surface area contributed by atoms with Crippen molar-refractivity contribution in [2.24, 2.45) is 0 Å². The standard InChI is InChI=1S/C16H14Br2O3/c1-21-13-6-7-15(18)11(8-13)9-14(16(19)20)10-2-4-12(17)5-3-10/h2-8,14H,9H2,1H3,(H,19,20). The van der Waals surface area contributed by atoms with E-state index >= 15 is 0 Å². The van der Waals surface area contributed by atoms with E-state index in [0.717, 1.165) is 20.1 Å². The SMILES string of the molecule is COc1ccc(Br)c(CC(C(=O)O)c2ccc(Br)cc2)c1. The molecule has 2 rings (SSSR count). The minimum atomic E-state index is -0.841. The molecular weight excluding hydrogens is 400 g/mol. The topological polar surface area (TPSA) is 46.5 Å². The molecule has 21 heavy (non-hydrogen) atoms. The highest BCUT2D eigenvalue weighted by Gasteiger charge is 2.21. The van der Waals surface area contributed by atoms with Gasteiger partial charge < -0.3 is 9.84 Å². The molecule has 0 radical (unpaired) electrons. The van der Waals surface area contributed by atoms with Gasteiger partial charge in [-0.2, -0.15) is 0 Å². The maximum absolute atomic E-state index is 11.6. The van der Waals surface area contributed by atoms with Crippen LogP contribution in [0.25, 0.3) is 0 Å². The third-order valence-corrected chi connectivity index (χ3v) is 4.55. The predicted octanol–water partition coefficient (Wildman–Crippen LogP) is 4.63. The van der Waals surface area contributed by atoms with Crippen LogP contribution in [0.4, 0.5) is 0 Å². The Morgan fingerprint density at radius 2 is 1.86 bits per heavy atom. The smallest absolute Gasteiger partial charge is 0.311 e. The van der Waals surface area contributed by atoms with Gasteiger partial charge in [0.15, 0.2) is 0 Å². The second-order valence-corrected chi connectivity index (χ2v) is 6.37. The fourth-order valence-electron chi connectivity index (χ4n) is 2.10. The Balaban J connectivity index is 2.32. The molecule has 0 aliphatic rings. The van der Waals surface area contributed by atoms with E-state index in [0.29, 0.717) is 12.2 Å². The summed E-state index contributed by atoms with van der Waals surface area (Å²) < 4.78 is 7.01. The van der Waals surface area contributed by atoms with Crippen LogP contribution in [0.1, 0.15) is 17.0 Å². The number of hydrogen-bond acceptors (Lipinski definition) is 2. The summed E-state index contributed by atoms with van der Waals surface area (Å²) in [5, 5.41) is 9.52. The summed E-state index contributed by atoms with van der Waals surface area (Å²) in [5.41, 5.74) is 1.69. The summed E-state index contributed by atoms with van der Waals surface area (Å²) in [4.78, 5) is 11.6. The zero-order valence-electron chi connectivity index (χ0n) is 11.3. The van der Waals surface area contributed by atoms with Crippen molar-refractivity contribution < 1.29 is 14.6 Å². The van der Waals surface area contributed by atoms with Crippen molar-refractivity contribution in [3.05, 3.63) is 62.5 Å². The van der Waals surface area contributed by atoms with E-state index in [1.807, 2.05) is 42.5 Å². The zero-order valence-corrected chi connectivity index (χ0v) is 14.5. The molecule has 1 unspecified atom stereocenters. The lowest BCUT2D eigenvalue weighted by molar-refractivity contribution is -0.138. The predicted molar refractivity (Wildman–Crippen MR) is 88.9 cm³/mol. The molecule has 2 aromatic rings. The van der Waals surface area contributed by atoms with Gasteiger partial charge in [0.25, 0.3) is 0 Å². The van der Waals surface area contributed by atoms with Gasteiger partial charge in [0.2, 0.25) is 0 Å². The van der Waals surface area contributed by atoms with Crippen molar-refractivity contribution in [3.63, 3.8) is 0 Å². The fraction of sp³-hybridized carbons (Fsp3) is 0.188. The van der Waals surface area contributed by atoms with Gasteiger partial charge in [-0.3, -0.25) is 4.79 Å². The Morgan fingerprint density at radius 3 is 2.43 bits per heavy atom. The number of carboxylic acid groups (broad SMARTS) is 1. The van der Waals surface area contributed by atoms with Crippen LogP contribution in [-0.2, 0) is 11.2 Å². The van der Waals surface area contributed by atoms with Crippen LogP contribution < -0.4 is 4.74 Å². The summed E-state index contributed by atoms with van der Waals surface area (Å²) in [6.07, 6.45) is 0.398. The summed E-state index contributed by atoms with van der Waals surface area (Å²) in [6.45, 7) is 0. The monoisotopic (exact) mass is 412 g/mol. The van der Waals surface area contributed by atoms with Gasteiger partial charge in [-0.25, -0.2) is 0 Å². The lowest BCUT2D eigenvalue weighted by Crippen LogP contribution is -2.14. The quantitative estimate of drug-likeness (QED) is 0.777. The van der Waals surface area contributed by atoms with Gasteiger partial charge in [-0.1, -0.05) is 44.0 Å². The van der Waals surface area contributed by atoms with Gasteiger partial charge in [0.1, 0.15) is 5.75 Å². The molecule has 0 fully saturated rings. The van der Waals surface area contributed by atoms with Crippen LogP contribution in [0, 0.1) is 0 Å². The number of hydrogen-bond donors (Lipinski definition) is 1. The number of rotatable bonds is 5. The van der Waals surface area contributed by atoms with Gasteiger partial charge >= 0.3 is 5.97 Å². The highest BCUT2D eigenvalue weighted by Crippen LogP contribution is 2.29. The van der Waals surface area contributed by atoms with Crippen LogP contribution in [0.15, 0.2) is 51.4 Å². The normalized spacial score (nSPS) is 12.0. The molecule has 0 bridgehead atoms. The Bertz CT molecular complexity index is 638. The Morgan fingerprint density at radius 1 is 1.19 bits per heavy atom. The highest BCUT2D eigenvalue weighted by atomic mass is 79.9. The molecule has 110 valence electrons. The number of carbonyl (C=O) groups is 1. The first kappa shape index (κ1) is 16.0. The molecule has 0 aliphatic heterocycles.